The van der Waals surface area contributed by atoms with E-state index in [1.165, 1.54) is 0 Å². The van der Waals surface area contributed by atoms with Gasteiger partial charge in [0.15, 0.2) is 5.65 Å². The van der Waals surface area contributed by atoms with Crippen molar-refractivity contribution in [3.8, 4) is 11.3 Å². The standard InChI is InChI=1S/C21H27N5O/c1-13(2)21(4,12-22)24-20(27)16-11-17(15-9-7-6-8-10-15)23-19-18(16)14(3)25-26(19)5/h6-11,13H,12,22H2,1-5H3,(H,24,27). The fraction of sp³-hybridized carbons (Fsp3) is 0.381. The highest BCUT2D eigenvalue weighted by Gasteiger charge is 2.30. The molecule has 0 aliphatic heterocycles. The first-order chi connectivity index (χ1) is 12.8. The Morgan fingerprint density at radius 1 is 1.30 bits per heavy atom. The minimum Gasteiger partial charge on any atom is -0.345 e. The molecule has 1 unspecified atom stereocenters. The second-order valence-electron chi connectivity index (χ2n) is 7.56. The third kappa shape index (κ3) is 3.45. The van der Waals surface area contributed by atoms with E-state index in [0.717, 1.165) is 22.3 Å². The molecule has 27 heavy (non-hydrogen) atoms. The fourth-order valence-corrected chi connectivity index (χ4v) is 3.14. The van der Waals surface area contributed by atoms with Gasteiger partial charge in [-0.2, -0.15) is 5.10 Å². The van der Waals surface area contributed by atoms with E-state index in [0.29, 0.717) is 17.8 Å². The average Bonchev–Trinajstić information content (AvgIpc) is 2.95. The number of nitrogens with one attached hydrogen (secondary N) is 1. The van der Waals surface area contributed by atoms with E-state index in [2.05, 4.69) is 24.3 Å². The number of hydrogen-bond donors (Lipinski definition) is 2. The van der Waals surface area contributed by atoms with Crippen LogP contribution in [0.1, 0.15) is 36.8 Å². The molecule has 0 aliphatic rings. The lowest BCUT2D eigenvalue weighted by molar-refractivity contribution is 0.0885. The van der Waals surface area contributed by atoms with Crippen molar-refractivity contribution in [2.24, 2.45) is 18.7 Å². The van der Waals surface area contributed by atoms with Gasteiger partial charge < -0.3 is 11.1 Å². The molecule has 1 amide bonds. The zero-order valence-corrected chi connectivity index (χ0v) is 16.6. The largest absolute Gasteiger partial charge is 0.345 e. The van der Waals surface area contributed by atoms with Gasteiger partial charge in [0.1, 0.15) is 0 Å². The van der Waals surface area contributed by atoms with Crippen LogP contribution >= 0.6 is 0 Å². The number of pyridine rings is 1. The Hall–Kier alpha value is -2.73. The van der Waals surface area contributed by atoms with Crippen molar-refractivity contribution in [3.05, 3.63) is 47.7 Å². The number of carbonyl (C=O) groups is 1. The molecule has 142 valence electrons. The van der Waals surface area contributed by atoms with E-state index in [9.17, 15) is 4.79 Å². The highest BCUT2D eigenvalue weighted by atomic mass is 16.1. The predicted molar refractivity (Wildman–Crippen MR) is 108 cm³/mol. The highest BCUT2D eigenvalue weighted by Crippen LogP contribution is 2.27. The lowest BCUT2D eigenvalue weighted by atomic mass is 9.88. The summed E-state index contributed by atoms with van der Waals surface area (Å²) in [6.45, 7) is 8.35. The molecule has 6 nitrogen and oxygen atoms in total. The van der Waals surface area contributed by atoms with Gasteiger partial charge in [0.25, 0.3) is 5.91 Å². The van der Waals surface area contributed by atoms with Gasteiger partial charge in [0.05, 0.1) is 27.9 Å². The Bertz CT molecular complexity index is 977. The van der Waals surface area contributed by atoms with Gasteiger partial charge in [-0.25, -0.2) is 4.98 Å². The normalized spacial score (nSPS) is 13.7. The smallest absolute Gasteiger partial charge is 0.252 e. The number of aryl methyl sites for hydroxylation is 2. The Morgan fingerprint density at radius 3 is 2.56 bits per heavy atom. The second kappa shape index (κ2) is 7.12. The van der Waals surface area contributed by atoms with Crippen LogP contribution in [0.25, 0.3) is 22.3 Å². The van der Waals surface area contributed by atoms with Crippen molar-refractivity contribution in [2.75, 3.05) is 6.54 Å². The summed E-state index contributed by atoms with van der Waals surface area (Å²) in [6, 6.07) is 11.7. The molecule has 3 aromatic rings. The summed E-state index contributed by atoms with van der Waals surface area (Å²) in [6.07, 6.45) is 0. The van der Waals surface area contributed by atoms with Gasteiger partial charge in [-0.1, -0.05) is 44.2 Å². The van der Waals surface area contributed by atoms with E-state index < -0.39 is 5.54 Å². The lowest BCUT2D eigenvalue weighted by Crippen LogP contribution is -2.55. The van der Waals surface area contributed by atoms with Crippen molar-refractivity contribution in [1.29, 1.82) is 0 Å². The van der Waals surface area contributed by atoms with Crippen LogP contribution in [0.2, 0.25) is 0 Å². The van der Waals surface area contributed by atoms with Crippen molar-refractivity contribution in [1.82, 2.24) is 20.1 Å². The molecule has 2 aromatic heterocycles. The maximum absolute atomic E-state index is 13.3. The molecule has 1 aromatic carbocycles. The number of fused-ring (bicyclic) bond motifs is 1. The number of nitrogens with two attached hydrogens (primary N) is 1. The van der Waals surface area contributed by atoms with Crippen LogP contribution in [0.15, 0.2) is 36.4 Å². The zero-order valence-electron chi connectivity index (χ0n) is 16.6. The van der Waals surface area contributed by atoms with Crippen LogP contribution in [-0.2, 0) is 7.05 Å². The van der Waals surface area contributed by atoms with Gasteiger partial charge in [-0.3, -0.25) is 9.48 Å². The van der Waals surface area contributed by atoms with Gasteiger partial charge >= 0.3 is 0 Å². The van der Waals surface area contributed by atoms with Gasteiger partial charge in [-0.05, 0) is 25.8 Å². The zero-order chi connectivity index (χ0) is 19.8. The third-order valence-electron chi connectivity index (χ3n) is 5.38. The van der Waals surface area contributed by atoms with Crippen LogP contribution in [0, 0.1) is 12.8 Å². The maximum atomic E-state index is 13.3. The first-order valence-electron chi connectivity index (χ1n) is 9.19. The molecule has 0 saturated carbocycles. The van der Waals surface area contributed by atoms with Crippen molar-refractivity contribution >= 4 is 16.9 Å². The van der Waals surface area contributed by atoms with Gasteiger partial charge in [0, 0.05) is 19.2 Å². The van der Waals surface area contributed by atoms with Gasteiger partial charge in [0.2, 0.25) is 0 Å². The summed E-state index contributed by atoms with van der Waals surface area (Å²) in [5.41, 5.74) is 9.22. The first kappa shape index (κ1) is 19.0. The Kier molecular flexibility index (Phi) is 5.02. The summed E-state index contributed by atoms with van der Waals surface area (Å²) in [5.74, 6) is 0.0460. The fourth-order valence-electron chi connectivity index (χ4n) is 3.14. The van der Waals surface area contributed by atoms with Crippen molar-refractivity contribution in [3.63, 3.8) is 0 Å². The quantitative estimate of drug-likeness (QED) is 0.728. The topological polar surface area (TPSA) is 85.8 Å². The number of hydrogen-bond acceptors (Lipinski definition) is 4. The minimum absolute atomic E-state index is 0.155. The molecule has 6 heteroatoms. The molecular weight excluding hydrogens is 338 g/mol. The molecule has 3 rings (SSSR count). The lowest BCUT2D eigenvalue weighted by Gasteiger charge is -2.33. The molecule has 0 radical (unpaired) electrons. The molecule has 0 aliphatic carbocycles. The molecule has 0 bridgehead atoms. The van der Waals surface area contributed by atoms with Crippen LogP contribution < -0.4 is 11.1 Å². The monoisotopic (exact) mass is 365 g/mol. The molecule has 3 N–H and O–H groups in total. The third-order valence-corrected chi connectivity index (χ3v) is 5.38. The van der Waals surface area contributed by atoms with Crippen LogP contribution in [0.3, 0.4) is 0 Å². The number of rotatable bonds is 5. The molecule has 0 fully saturated rings. The molecule has 1 atom stereocenters. The van der Waals surface area contributed by atoms with Crippen LogP contribution in [-0.4, -0.2) is 32.8 Å². The Labute approximate surface area is 159 Å². The number of benzene rings is 1. The Morgan fingerprint density at radius 2 is 1.96 bits per heavy atom. The van der Waals surface area contributed by atoms with Crippen molar-refractivity contribution < 1.29 is 4.79 Å². The van der Waals surface area contributed by atoms with E-state index in [1.54, 1.807) is 4.68 Å². The number of nitrogens with zero attached hydrogens (tertiary/aromatic N) is 3. The summed E-state index contributed by atoms with van der Waals surface area (Å²) < 4.78 is 1.72. The number of aromatic nitrogens is 3. The summed E-state index contributed by atoms with van der Waals surface area (Å²) in [5, 5.41) is 8.38. The maximum Gasteiger partial charge on any atom is 0.252 e. The van der Waals surface area contributed by atoms with E-state index in [-0.39, 0.29) is 11.8 Å². The Balaban J connectivity index is 2.17. The number of carbonyl (C=O) groups excluding carboxylic acids is 1. The number of amides is 1. The minimum atomic E-state index is -0.490. The average molecular weight is 365 g/mol. The van der Waals surface area contributed by atoms with Crippen molar-refractivity contribution in [2.45, 2.75) is 33.2 Å². The van der Waals surface area contributed by atoms with Crippen LogP contribution in [0.5, 0.6) is 0 Å². The summed E-state index contributed by atoms with van der Waals surface area (Å²) in [7, 11) is 1.84. The first-order valence-corrected chi connectivity index (χ1v) is 9.19. The molecule has 0 saturated heterocycles. The molecular formula is C21H27N5O. The second-order valence-corrected chi connectivity index (χ2v) is 7.56. The highest BCUT2D eigenvalue weighted by molar-refractivity contribution is 6.07. The summed E-state index contributed by atoms with van der Waals surface area (Å²) >= 11 is 0. The van der Waals surface area contributed by atoms with E-state index in [1.807, 2.05) is 57.3 Å². The van der Waals surface area contributed by atoms with Crippen LogP contribution in [0.4, 0.5) is 0 Å². The molecule has 0 spiro atoms. The summed E-state index contributed by atoms with van der Waals surface area (Å²) in [4.78, 5) is 18.0. The van der Waals surface area contributed by atoms with E-state index >= 15 is 0 Å². The van der Waals surface area contributed by atoms with Gasteiger partial charge in [-0.15, -0.1) is 0 Å². The predicted octanol–water partition coefficient (Wildman–Crippen LogP) is 3.05. The SMILES string of the molecule is Cc1nn(C)c2nc(-c3ccccc3)cc(C(=O)NC(C)(CN)C(C)C)c12. The van der Waals surface area contributed by atoms with E-state index in [4.69, 9.17) is 10.7 Å². The molecule has 2 heterocycles.